The smallest absolute Gasteiger partial charge is 0.196 e. The van der Waals surface area contributed by atoms with Crippen LogP contribution >= 0.6 is 22.7 Å². The van der Waals surface area contributed by atoms with Gasteiger partial charge in [0.1, 0.15) is 5.69 Å². The first-order valence-corrected chi connectivity index (χ1v) is 8.37. The highest BCUT2D eigenvalue weighted by atomic mass is 32.1. The van der Waals surface area contributed by atoms with Gasteiger partial charge in [0.15, 0.2) is 17.1 Å². The highest BCUT2D eigenvalue weighted by Gasteiger charge is 2.33. The Morgan fingerprint density at radius 3 is 3.05 bits per heavy atom. The largest absolute Gasteiger partial charge is 0.347 e. The molecule has 1 fully saturated rings. The van der Waals surface area contributed by atoms with Crippen LogP contribution in [-0.4, -0.2) is 21.7 Å². The Morgan fingerprint density at radius 2 is 2.35 bits per heavy atom. The Morgan fingerprint density at radius 1 is 1.45 bits per heavy atom. The van der Waals surface area contributed by atoms with Crippen molar-refractivity contribution in [1.29, 1.82) is 0 Å². The van der Waals surface area contributed by atoms with E-state index in [0.29, 0.717) is 11.7 Å². The van der Waals surface area contributed by atoms with Gasteiger partial charge in [-0.15, -0.1) is 11.3 Å². The second kappa shape index (κ2) is 4.71. The number of thiophene rings is 1. The van der Waals surface area contributed by atoms with Crippen LogP contribution in [0.15, 0.2) is 28.4 Å². The summed E-state index contributed by atoms with van der Waals surface area (Å²) in [6.07, 6.45) is 5.21. The van der Waals surface area contributed by atoms with Gasteiger partial charge < -0.3 is 4.90 Å². The Balaban J connectivity index is 1.77. The van der Waals surface area contributed by atoms with Crippen molar-refractivity contribution < 1.29 is 4.79 Å². The van der Waals surface area contributed by atoms with Crippen LogP contribution < -0.4 is 4.90 Å². The molecule has 6 heteroatoms. The molecule has 0 atom stereocenters. The van der Waals surface area contributed by atoms with Crippen molar-refractivity contribution in [3.05, 3.63) is 39.7 Å². The third-order valence-electron chi connectivity index (χ3n) is 3.58. The molecule has 1 aliphatic rings. The predicted molar refractivity (Wildman–Crippen MR) is 82.0 cm³/mol. The molecule has 102 valence electrons. The number of hydrogen-bond donors (Lipinski definition) is 0. The van der Waals surface area contributed by atoms with Crippen molar-refractivity contribution in [1.82, 2.24) is 9.38 Å². The maximum Gasteiger partial charge on any atom is 0.196 e. The van der Waals surface area contributed by atoms with Gasteiger partial charge in [-0.05, 0) is 35.2 Å². The minimum Gasteiger partial charge on any atom is -0.347 e. The van der Waals surface area contributed by atoms with Crippen molar-refractivity contribution in [2.75, 3.05) is 4.90 Å². The van der Waals surface area contributed by atoms with Crippen LogP contribution in [0, 0.1) is 0 Å². The van der Waals surface area contributed by atoms with Gasteiger partial charge in [0.25, 0.3) is 0 Å². The number of hydrogen-bond acceptors (Lipinski definition) is 5. The van der Waals surface area contributed by atoms with Gasteiger partial charge in [-0.2, -0.15) is 11.3 Å². The van der Waals surface area contributed by atoms with Crippen LogP contribution in [0.5, 0.6) is 0 Å². The quantitative estimate of drug-likeness (QED) is 0.678. The number of imidazole rings is 1. The van der Waals surface area contributed by atoms with E-state index >= 15 is 0 Å². The molecule has 0 aliphatic heterocycles. The number of thiazole rings is 1. The molecule has 0 aromatic carbocycles. The minimum absolute atomic E-state index is 0.526. The molecule has 4 nitrogen and oxygen atoms in total. The summed E-state index contributed by atoms with van der Waals surface area (Å²) < 4.78 is 1.88. The zero-order valence-corrected chi connectivity index (χ0v) is 12.4. The van der Waals surface area contributed by atoms with E-state index in [9.17, 15) is 4.79 Å². The van der Waals surface area contributed by atoms with Crippen molar-refractivity contribution in [2.45, 2.75) is 25.4 Å². The fourth-order valence-electron chi connectivity index (χ4n) is 2.46. The van der Waals surface area contributed by atoms with E-state index in [4.69, 9.17) is 0 Å². The maximum absolute atomic E-state index is 11.5. The summed E-state index contributed by atoms with van der Waals surface area (Å²) in [5.41, 5.74) is 1.96. The highest BCUT2D eigenvalue weighted by molar-refractivity contribution is 7.15. The fourth-order valence-corrected chi connectivity index (χ4v) is 3.83. The van der Waals surface area contributed by atoms with Crippen molar-refractivity contribution >= 4 is 39.7 Å². The summed E-state index contributed by atoms with van der Waals surface area (Å²) in [6, 6.07) is 2.66. The standard InChI is InChI=1S/C14H13N3OS2/c18-8-12-13(15-14-16(12)4-6-20-14)17(11-1-2-11)7-10-3-5-19-9-10/h3-6,8-9,11H,1-2,7H2. The average molecular weight is 303 g/mol. The van der Waals surface area contributed by atoms with Crippen LogP contribution in [0.4, 0.5) is 5.82 Å². The van der Waals surface area contributed by atoms with E-state index in [2.05, 4.69) is 26.7 Å². The first kappa shape index (κ1) is 12.1. The topological polar surface area (TPSA) is 37.6 Å². The highest BCUT2D eigenvalue weighted by Crippen LogP contribution is 2.35. The van der Waals surface area contributed by atoms with E-state index in [-0.39, 0.29) is 0 Å². The van der Waals surface area contributed by atoms with Gasteiger partial charge >= 0.3 is 0 Å². The second-order valence-corrected chi connectivity index (χ2v) is 6.64. The van der Waals surface area contributed by atoms with E-state index in [0.717, 1.165) is 23.6 Å². The molecule has 1 saturated carbocycles. The summed E-state index contributed by atoms with van der Waals surface area (Å²) in [7, 11) is 0. The van der Waals surface area contributed by atoms with Crippen molar-refractivity contribution in [3.8, 4) is 0 Å². The Kier molecular flexibility index (Phi) is 2.85. The van der Waals surface area contributed by atoms with E-state index in [1.165, 1.54) is 18.4 Å². The Hall–Kier alpha value is -1.66. The zero-order chi connectivity index (χ0) is 13.5. The summed E-state index contributed by atoms with van der Waals surface area (Å²) in [4.78, 5) is 19.3. The lowest BCUT2D eigenvalue weighted by molar-refractivity contribution is 0.111. The molecule has 4 rings (SSSR count). The van der Waals surface area contributed by atoms with Gasteiger partial charge in [0.2, 0.25) is 0 Å². The molecular weight excluding hydrogens is 290 g/mol. The lowest BCUT2D eigenvalue weighted by Gasteiger charge is -2.22. The summed E-state index contributed by atoms with van der Waals surface area (Å²) in [5, 5.41) is 6.21. The van der Waals surface area contributed by atoms with E-state index < -0.39 is 0 Å². The number of nitrogens with zero attached hydrogens (tertiary/aromatic N) is 3. The number of fused-ring (bicyclic) bond motifs is 1. The molecule has 0 bridgehead atoms. The Labute approximate surface area is 124 Å². The SMILES string of the molecule is O=Cc1c(N(Cc2ccsc2)C2CC2)nc2sccn12. The van der Waals surface area contributed by atoms with Crippen LogP contribution in [0.1, 0.15) is 28.9 Å². The van der Waals surface area contributed by atoms with Crippen LogP contribution in [0.3, 0.4) is 0 Å². The van der Waals surface area contributed by atoms with Crippen molar-refractivity contribution in [2.24, 2.45) is 0 Å². The molecule has 0 amide bonds. The molecule has 0 N–H and O–H groups in total. The predicted octanol–water partition coefficient (Wildman–Crippen LogP) is 3.44. The summed E-state index contributed by atoms with van der Waals surface area (Å²) in [6.45, 7) is 0.833. The molecular formula is C14H13N3OS2. The lowest BCUT2D eigenvalue weighted by Crippen LogP contribution is -2.26. The Bertz CT molecular complexity index is 740. The third kappa shape index (κ3) is 1.96. The number of carbonyl (C=O) groups excluding carboxylic acids is 1. The van der Waals surface area contributed by atoms with Gasteiger partial charge in [-0.1, -0.05) is 0 Å². The first-order chi connectivity index (χ1) is 9.86. The maximum atomic E-state index is 11.5. The summed E-state index contributed by atoms with van der Waals surface area (Å²) >= 11 is 3.27. The molecule has 1 aliphatic carbocycles. The second-order valence-electron chi connectivity index (χ2n) is 4.98. The minimum atomic E-state index is 0.526. The molecule has 0 unspecified atom stereocenters. The van der Waals surface area contributed by atoms with Gasteiger partial charge in [0.05, 0.1) is 0 Å². The number of anilines is 1. The lowest BCUT2D eigenvalue weighted by atomic mass is 10.3. The molecule has 3 aromatic rings. The number of aromatic nitrogens is 2. The molecule has 20 heavy (non-hydrogen) atoms. The van der Waals surface area contributed by atoms with Gasteiger partial charge in [-0.25, -0.2) is 4.98 Å². The number of rotatable bonds is 5. The average Bonchev–Trinajstić information content (AvgIpc) is 2.88. The normalized spacial score (nSPS) is 14.8. The first-order valence-electron chi connectivity index (χ1n) is 6.55. The summed E-state index contributed by atoms with van der Waals surface area (Å²) in [5.74, 6) is 0.834. The number of aldehydes is 1. The van der Waals surface area contributed by atoms with Crippen LogP contribution in [-0.2, 0) is 6.54 Å². The van der Waals surface area contributed by atoms with Gasteiger partial charge in [-0.3, -0.25) is 9.20 Å². The zero-order valence-electron chi connectivity index (χ0n) is 10.7. The fraction of sp³-hybridized carbons (Fsp3) is 0.286. The molecule has 3 aromatic heterocycles. The number of carbonyl (C=O) groups is 1. The van der Waals surface area contributed by atoms with Gasteiger partial charge in [0, 0.05) is 24.2 Å². The van der Waals surface area contributed by atoms with Crippen LogP contribution in [0.2, 0.25) is 0 Å². The van der Waals surface area contributed by atoms with E-state index in [1.54, 1.807) is 22.7 Å². The monoisotopic (exact) mass is 303 g/mol. The van der Waals surface area contributed by atoms with E-state index in [1.807, 2.05) is 16.0 Å². The third-order valence-corrected chi connectivity index (χ3v) is 5.07. The molecule has 0 radical (unpaired) electrons. The molecule has 3 heterocycles. The molecule has 0 saturated heterocycles. The van der Waals surface area contributed by atoms with Crippen LogP contribution in [0.25, 0.3) is 4.96 Å². The molecule has 0 spiro atoms. The van der Waals surface area contributed by atoms with Crippen molar-refractivity contribution in [3.63, 3.8) is 0 Å².